The van der Waals surface area contributed by atoms with Crippen LogP contribution in [-0.4, -0.2) is 47.4 Å². The van der Waals surface area contributed by atoms with E-state index in [0.29, 0.717) is 19.2 Å². The van der Waals surface area contributed by atoms with Gasteiger partial charge in [-0.3, -0.25) is 0 Å². The minimum absolute atomic E-state index is 0.00608. The summed E-state index contributed by atoms with van der Waals surface area (Å²) in [5, 5.41) is 8.60. The largest absolute Gasteiger partial charge is 0.493 e. The molecule has 1 aliphatic rings. The predicted octanol–water partition coefficient (Wildman–Crippen LogP) is 4.05. The van der Waals surface area contributed by atoms with Gasteiger partial charge in [-0.15, -0.1) is 0 Å². The molecule has 1 heterocycles. The Morgan fingerprint density at radius 1 is 1.25 bits per heavy atom. The zero-order chi connectivity index (χ0) is 21.1. The molecule has 0 unspecified atom stereocenters. The topological polar surface area (TPSA) is 76.1 Å². The fraction of sp³-hybridized carbons (Fsp3) is 0.474. The first-order valence-corrected chi connectivity index (χ1v) is 8.58. The number of carboxylic acids is 1. The molecule has 28 heavy (non-hydrogen) atoms. The van der Waals surface area contributed by atoms with Crippen molar-refractivity contribution in [1.29, 1.82) is 0 Å². The molecule has 0 saturated carbocycles. The van der Waals surface area contributed by atoms with Gasteiger partial charge in [-0.25, -0.2) is 9.59 Å². The summed E-state index contributed by atoms with van der Waals surface area (Å²) in [4.78, 5) is 23.9. The minimum Gasteiger partial charge on any atom is -0.493 e. The maximum Gasteiger partial charge on any atom is 0.417 e. The van der Waals surface area contributed by atoms with E-state index < -0.39 is 29.4 Å². The normalized spacial score (nSPS) is 15.4. The smallest absolute Gasteiger partial charge is 0.417 e. The molecule has 0 bridgehead atoms. The number of nitrogens with zero attached hydrogens (tertiary/aromatic N) is 1. The molecule has 1 amide bonds. The number of likely N-dealkylation sites (tertiary alicyclic amines) is 1. The summed E-state index contributed by atoms with van der Waals surface area (Å²) >= 11 is 0. The van der Waals surface area contributed by atoms with Gasteiger partial charge in [0, 0.05) is 25.1 Å². The fourth-order valence-electron chi connectivity index (χ4n) is 2.54. The summed E-state index contributed by atoms with van der Waals surface area (Å²) in [6.07, 6.45) is -3.55. The lowest BCUT2D eigenvalue weighted by Gasteiger charge is -2.39. The summed E-state index contributed by atoms with van der Waals surface area (Å²) in [7, 11) is 0. The van der Waals surface area contributed by atoms with Crippen molar-refractivity contribution in [3.8, 4) is 5.75 Å². The molecular weight excluding hydrogens is 379 g/mol. The van der Waals surface area contributed by atoms with E-state index in [2.05, 4.69) is 0 Å². The lowest BCUT2D eigenvalue weighted by molar-refractivity contribution is -0.138. The Hall–Kier alpha value is -2.71. The molecule has 1 saturated heterocycles. The summed E-state index contributed by atoms with van der Waals surface area (Å²) in [6, 6.07) is 3.35. The van der Waals surface area contributed by atoms with Crippen LogP contribution in [0.2, 0.25) is 0 Å². The number of ether oxygens (including phenoxy) is 2. The molecule has 154 valence electrons. The highest BCUT2D eigenvalue weighted by atomic mass is 19.4. The van der Waals surface area contributed by atoms with E-state index in [9.17, 15) is 22.8 Å². The SMILES string of the molecule is CC(C)(C)OC(=O)N1CC(COc2ccc(/C=C/C(=O)O)c(C(F)(F)F)c2)C1. The maximum absolute atomic E-state index is 13.2. The number of halogens is 3. The van der Waals surface area contributed by atoms with Crippen molar-refractivity contribution in [2.75, 3.05) is 19.7 Å². The third kappa shape index (κ3) is 6.17. The standard InChI is InChI=1S/C19H22F3NO5/c1-18(2,3)28-17(26)23-9-12(10-23)11-27-14-6-4-13(5-7-16(24)25)15(8-14)19(20,21)22/h4-8,12H,9-11H2,1-3H3,(H,24,25)/b7-5+. The lowest BCUT2D eigenvalue weighted by Crippen LogP contribution is -2.53. The molecule has 1 aliphatic heterocycles. The Morgan fingerprint density at radius 3 is 2.43 bits per heavy atom. The highest BCUT2D eigenvalue weighted by Gasteiger charge is 2.35. The second kappa shape index (κ2) is 8.12. The van der Waals surface area contributed by atoms with Crippen LogP contribution in [0.5, 0.6) is 5.75 Å². The van der Waals surface area contributed by atoms with Crippen LogP contribution >= 0.6 is 0 Å². The van der Waals surface area contributed by atoms with Crippen molar-refractivity contribution in [1.82, 2.24) is 4.90 Å². The monoisotopic (exact) mass is 401 g/mol. The van der Waals surface area contributed by atoms with Crippen LogP contribution in [0, 0.1) is 5.92 Å². The number of amides is 1. The molecule has 1 N–H and O–H groups in total. The van der Waals surface area contributed by atoms with Gasteiger partial charge in [-0.2, -0.15) is 13.2 Å². The van der Waals surface area contributed by atoms with Crippen LogP contribution < -0.4 is 4.74 Å². The van der Waals surface area contributed by atoms with Crippen molar-refractivity contribution < 1.29 is 37.3 Å². The second-order valence-electron chi connectivity index (χ2n) is 7.48. The zero-order valence-electron chi connectivity index (χ0n) is 15.7. The molecule has 1 aromatic carbocycles. The predicted molar refractivity (Wildman–Crippen MR) is 94.9 cm³/mol. The number of alkyl halides is 3. The first-order valence-electron chi connectivity index (χ1n) is 8.58. The van der Waals surface area contributed by atoms with Gasteiger partial charge in [-0.1, -0.05) is 6.07 Å². The van der Waals surface area contributed by atoms with Crippen LogP contribution in [-0.2, 0) is 15.7 Å². The molecule has 0 radical (unpaired) electrons. The average molecular weight is 401 g/mol. The zero-order valence-corrected chi connectivity index (χ0v) is 15.7. The number of benzene rings is 1. The fourth-order valence-corrected chi connectivity index (χ4v) is 2.54. The highest BCUT2D eigenvalue weighted by Crippen LogP contribution is 2.35. The van der Waals surface area contributed by atoms with E-state index in [4.69, 9.17) is 14.6 Å². The van der Waals surface area contributed by atoms with Crippen LogP contribution in [0.25, 0.3) is 6.08 Å². The number of rotatable bonds is 5. The van der Waals surface area contributed by atoms with Crippen molar-refractivity contribution >= 4 is 18.1 Å². The Labute approximate surface area is 160 Å². The molecule has 9 heteroatoms. The van der Waals surface area contributed by atoms with E-state index >= 15 is 0 Å². The quantitative estimate of drug-likeness (QED) is 0.754. The third-order valence-electron chi connectivity index (χ3n) is 3.83. The maximum atomic E-state index is 13.2. The molecule has 0 aromatic heterocycles. The van der Waals surface area contributed by atoms with Crippen molar-refractivity contribution in [2.45, 2.75) is 32.5 Å². The molecule has 1 fully saturated rings. The Kier molecular flexibility index (Phi) is 6.26. The molecule has 0 aliphatic carbocycles. The molecule has 0 spiro atoms. The lowest BCUT2D eigenvalue weighted by atomic mass is 10.0. The van der Waals surface area contributed by atoms with Crippen molar-refractivity contribution in [3.63, 3.8) is 0 Å². The summed E-state index contributed by atoms with van der Waals surface area (Å²) in [5.74, 6) is -1.32. The van der Waals surface area contributed by atoms with Crippen LogP contribution in [0.3, 0.4) is 0 Å². The highest BCUT2D eigenvalue weighted by molar-refractivity contribution is 5.85. The molecule has 6 nitrogen and oxygen atoms in total. The van der Waals surface area contributed by atoms with E-state index in [-0.39, 0.29) is 23.8 Å². The molecular formula is C19H22F3NO5. The second-order valence-corrected chi connectivity index (χ2v) is 7.48. The van der Waals surface area contributed by atoms with Gasteiger partial charge >= 0.3 is 18.2 Å². The van der Waals surface area contributed by atoms with Gasteiger partial charge < -0.3 is 19.5 Å². The average Bonchev–Trinajstić information content (AvgIpc) is 2.49. The van der Waals surface area contributed by atoms with Gasteiger partial charge in [0.2, 0.25) is 0 Å². The van der Waals surface area contributed by atoms with Gasteiger partial charge in [0.25, 0.3) is 0 Å². The Balaban J connectivity index is 1.95. The number of carbonyl (C=O) groups excluding carboxylic acids is 1. The Morgan fingerprint density at radius 2 is 1.89 bits per heavy atom. The summed E-state index contributed by atoms with van der Waals surface area (Å²) in [5.41, 5.74) is -1.84. The Bertz CT molecular complexity index is 762. The van der Waals surface area contributed by atoms with Crippen molar-refractivity contribution in [3.05, 3.63) is 35.4 Å². The van der Waals surface area contributed by atoms with Crippen LogP contribution in [0.1, 0.15) is 31.9 Å². The van der Waals surface area contributed by atoms with Gasteiger partial charge in [0.05, 0.1) is 12.2 Å². The van der Waals surface area contributed by atoms with Crippen molar-refractivity contribution in [2.24, 2.45) is 5.92 Å². The molecule has 1 aromatic rings. The number of hydrogen-bond donors (Lipinski definition) is 1. The minimum atomic E-state index is -4.65. The van der Waals surface area contributed by atoms with Gasteiger partial charge in [0.15, 0.2) is 0 Å². The first kappa shape index (κ1) is 21.6. The van der Waals surface area contributed by atoms with E-state index in [0.717, 1.165) is 18.2 Å². The number of carboxylic acid groups (broad SMARTS) is 1. The van der Waals surface area contributed by atoms with Crippen LogP contribution in [0.15, 0.2) is 24.3 Å². The summed E-state index contributed by atoms with van der Waals surface area (Å²) < 4.78 is 50.3. The third-order valence-corrected chi connectivity index (χ3v) is 3.83. The summed E-state index contributed by atoms with van der Waals surface area (Å²) in [6.45, 7) is 6.25. The van der Waals surface area contributed by atoms with Gasteiger partial charge in [0.1, 0.15) is 11.4 Å². The van der Waals surface area contributed by atoms with Crippen LogP contribution in [0.4, 0.5) is 18.0 Å². The first-order chi connectivity index (χ1) is 12.8. The number of carbonyl (C=O) groups is 2. The molecule has 2 rings (SSSR count). The van der Waals surface area contributed by atoms with Gasteiger partial charge in [-0.05, 0) is 44.5 Å². The van der Waals surface area contributed by atoms with E-state index in [1.165, 1.54) is 11.0 Å². The molecule has 0 atom stereocenters. The number of aliphatic carboxylic acids is 1. The van der Waals surface area contributed by atoms with E-state index in [1.807, 2.05) is 0 Å². The number of hydrogen-bond acceptors (Lipinski definition) is 4. The van der Waals surface area contributed by atoms with E-state index in [1.54, 1.807) is 20.8 Å².